The Hall–Kier alpha value is -1.75. The number of nitrogens with zero attached hydrogens (tertiary/aromatic N) is 1. The lowest BCUT2D eigenvalue weighted by Crippen LogP contribution is -2.42. The molecule has 0 aliphatic carbocycles. The predicted octanol–water partition coefficient (Wildman–Crippen LogP) is 1.62. The van der Waals surface area contributed by atoms with Crippen LogP contribution in [0.1, 0.15) is 19.8 Å². The van der Waals surface area contributed by atoms with Crippen LogP contribution in [0.25, 0.3) is 0 Å². The van der Waals surface area contributed by atoms with E-state index in [1.807, 2.05) is 12.1 Å². The molecule has 1 fully saturated rings. The monoisotopic (exact) mass is 278 g/mol. The SMILES string of the molecule is COC(=O)C(C)(O)CNc1ccc(N2CCCC2)cc1. The number of hydrogen-bond acceptors (Lipinski definition) is 5. The first-order valence-corrected chi connectivity index (χ1v) is 6.92. The summed E-state index contributed by atoms with van der Waals surface area (Å²) in [6.45, 7) is 3.78. The third-order valence-corrected chi connectivity index (χ3v) is 3.60. The number of ether oxygens (including phenoxy) is 1. The zero-order valence-corrected chi connectivity index (χ0v) is 12.1. The Morgan fingerprint density at radius 1 is 1.35 bits per heavy atom. The summed E-state index contributed by atoms with van der Waals surface area (Å²) in [5.41, 5.74) is 0.562. The van der Waals surface area contributed by atoms with Gasteiger partial charge in [-0.05, 0) is 44.0 Å². The molecule has 1 aliphatic heterocycles. The second-order valence-corrected chi connectivity index (χ2v) is 5.36. The van der Waals surface area contributed by atoms with Crippen LogP contribution < -0.4 is 10.2 Å². The molecule has 1 heterocycles. The molecule has 5 nitrogen and oxygen atoms in total. The van der Waals surface area contributed by atoms with Gasteiger partial charge in [0.25, 0.3) is 0 Å². The topological polar surface area (TPSA) is 61.8 Å². The molecule has 1 aromatic rings. The third-order valence-electron chi connectivity index (χ3n) is 3.60. The maximum atomic E-state index is 11.4. The van der Waals surface area contributed by atoms with Gasteiger partial charge in [0.05, 0.1) is 13.7 Å². The van der Waals surface area contributed by atoms with E-state index in [-0.39, 0.29) is 6.54 Å². The minimum absolute atomic E-state index is 0.114. The second-order valence-electron chi connectivity index (χ2n) is 5.36. The van der Waals surface area contributed by atoms with Gasteiger partial charge in [0, 0.05) is 24.5 Å². The van der Waals surface area contributed by atoms with Gasteiger partial charge in [-0.2, -0.15) is 0 Å². The van der Waals surface area contributed by atoms with Crippen LogP contribution in [0.4, 0.5) is 11.4 Å². The van der Waals surface area contributed by atoms with E-state index in [0.29, 0.717) is 0 Å². The molecule has 0 bridgehead atoms. The molecule has 2 N–H and O–H groups in total. The Bertz CT molecular complexity index is 451. The zero-order valence-electron chi connectivity index (χ0n) is 12.1. The van der Waals surface area contributed by atoms with Gasteiger partial charge < -0.3 is 20.1 Å². The normalized spacial score (nSPS) is 17.6. The van der Waals surface area contributed by atoms with Gasteiger partial charge in [0.15, 0.2) is 5.60 Å². The predicted molar refractivity (Wildman–Crippen MR) is 79.0 cm³/mol. The number of aliphatic hydroxyl groups is 1. The van der Waals surface area contributed by atoms with Crippen LogP contribution in [0.5, 0.6) is 0 Å². The largest absolute Gasteiger partial charge is 0.467 e. The Balaban J connectivity index is 1.92. The molecule has 20 heavy (non-hydrogen) atoms. The maximum Gasteiger partial charge on any atom is 0.339 e. The highest BCUT2D eigenvalue weighted by atomic mass is 16.5. The highest BCUT2D eigenvalue weighted by Crippen LogP contribution is 2.22. The van der Waals surface area contributed by atoms with Crippen molar-refractivity contribution in [2.45, 2.75) is 25.4 Å². The fraction of sp³-hybridized carbons (Fsp3) is 0.533. The van der Waals surface area contributed by atoms with Crippen LogP contribution in [-0.4, -0.2) is 43.4 Å². The summed E-state index contributed by atoms with van der Waals surface area (Å²) in [5, 5.41) is 13.0. The fourth-order valence-electron chi connectivity index (χ4n) is 2.33. The molecule has 0 saturated carbocycles. The van der Waals surface area contributed by atoms with Crippen molar-refractivity contribution in [2.75, 3.05) is 37.0 Å². The summed E-state index contributed by atoms with van der Waals surface area (Å²) < 4.78 is 4.55. The molecule has 0 aromatic heterocycles. The van der Waals surface area contributed by atoms with Crippen molar-refractivity contribution in [1.82, 2.24) is 0 Å². The number of rotatable bonds is 5. The van der Waals surface area contributed by atoms with Crippen LogP contribution in [0, 0.1) is 0 Å². The van der Waals surface area contributed by atoms with Crippen molar-refractivity contribution in [3.8, 4) is 0 Å². The number of carbonyl (C=O) groups excluding carboxylic acids is 1. The van der Waals surface area contributed by atoms with Crippen molar-refractivity contribution in [3.05, 3.63) is 24.3 Å². The van der Waals surface area contributed by atoms with Crippen LogP contribution in [0.3, 0.4) is 0 Å². The minimum Gasteiger partial charge on any atom is -0.467 e. The number of esters is 1. The average molecular weight is 278 g/mol. The molecule has 0 amide bonds. The van der Waals surface area contributed by atoms with E-state index in [1.165, 1.54) is 32.6 Å². The molecule has 1 aromatic carbocycles. The van der Waals surface area contributed by atoms with Crippen LogP contribution >= 0.6 is 0 Å². The van der Waals surface area contributed by atoms with E-state index in [1.54, 1.807) is 0 Å². The van der Waals surface area contributed by atoms with Crippen LogP contribution in [-0.2, 0) is 9.53 Å². The molecule has 0 spiro atoms. The van der Waals surface area contributed by atoms with Gasteiger partial charge in [0.2, 0.25) is 0 Å². The molecular formula is C15H22N2O3. The number of nitrogens with one attached hydrogen (secondary N) is 1. The summed E-state index contributed by atoms with van der Waals surface area (Å²) in [6, 6.07) is 8.03. The molecule has 1 unspecified atom stereocenters. The molecule has 1 aliphatic rings. The number of hydrogen-bond donors (Lipinski definition) is 2. The Morgan fingerprint density at radius 3 is 2.50 bits per heavy atom. The highest BCUT2D eigenvalue weighted by molar-refractivity contribution is 5.79. The second kappa shape index (κ2) is 6.13. The van der Waals surface area contributed by atoms with E-state index in [0.717, 1.165) is 18.8 Å². The minimum atomic E-state index is -1.53. The highest BCUT2D eigenvalue weighted by Gasteiger charge is 2.31. The molecular weight excluding hydrogens is 256 g/mol. The summed E-state index contributed by atoms with van der Waals surface area (Å²) >= 11 is 0. The number of benzene rings is 1. The summed E-state index contributed by atoms with van der Waals surface area (Å²) in [4.78, 5) is 13.7. The van der Waals surface area contributed by atoms with E-state index in [9.17, 15) is 9.90 Å². The first kappa shape index (κ1) is 14.7. The number of methoxy groups -OCH3 is 1. The van der Waals surface area contributed by atoms with E-state index >= 15 is 0 Å². The van der Waals surface area contributed by atoms with Crippen LogP contribution in [0.2, 0.25) is 0 Å². The summed E-state index contributed by atoms with van der Waals surface area (Å²) in [6.07, 6.45) is 2.50. The molecule has 110 valence electrons. The Labute approximate surface area is 119 Å². The first-order chi connectivity index (χ1) is 9.53. The van der Waals surface area contributed by atoms with Gasteiger partial charge in [-0.15, -0.1) is 0 Å². The van der Waals surface area contributed by atoms with Gasteiger partial charge in [0.1, 0.15) is 0 Å². The van der Waals surface area contributed by atoms with Gasteiger partial charge in [-0.3, -0.25) is 0 Å². The lowest BCUT2D eigenvalue weighted by Gasteiger charge is -2.22. The number of anilines is 2. The van der Waals surface area contributed by atoms with Crippen LogP contribution in [0.15, 0.2) is 24.3 Å². The van der Waals surface area contributed by atoms with E-state index < -0.39 is 11.6 Å². The average Bonchev–Trinajstić information content (AvgIpc) is 2.99. The lowest BCUT2D eigenvalue weighted by molar-refractivity contribution is -0.158. The molecule has 5 heteroatoms. The van der Waals surface area contributed by atoms with E-state index in [2.05, 4.69) is 27.1 Å². The third kappa shape index (κ3) is 3.42. The molecule has 0 radical (unpaired) electrons. The quantitative estimate of drug-likeness (QED) is 0.802. The lowest BCUT2D eigenvalue weighted by atomic mass is 10.1. The number of carbonyl (C=O) groups is 1. The molecule has 1 atom stereocenters. The maximum absolute atomic E-state index is 11.4. The summed E-state index contributed by atoms with van der Waals surface area (Å²) in [5.74, 6) is -0.640. The van der Waals surface area contributed by atoms with Gasteiger partial charge >= 0.3 is 5.97 Å². The van der Waals surface area contributed by atoms with Crippen molar-refractivity contribution in [2.24, 2.45) is 0 Å². The van der Waals surface area contributed by atoms with Gasteiger partial charge in [-0.25, -0.2) is 4.79 Å². The molecule has 1 saturated heterocycles. The molecule has 2 rings (SSSR count). The van der Waals surface area contributed by atoms with Gasteiger partial charge in [-0.1, -0.05) is 0 Å². The first-order valence-electron chi connectivity index (χ1n) is 6.92. The standard InChI is InChI=1S/C15H22N2O3/c1-15(19,14(18)20-2)11-16-12-5-7-13(8-6-12)17-9-3-4-10-17/h5-8,16,19H,3-4,9-11H2,1-2H3. The van der Waals surface area contributed by atoms with Crippen molar-refractivity contribution in [1.29, 1.82) is 0 Å². The summed E-state index contributed by atoms with van der Waals surface area (Å²) in [7, 11) is 1.27. The van der Waals surface area contributed by atoms with Crippen molar-refractivity contribution < 1.29 is 14.6 Å². The van der Waals surface area contributed by atoms with Crippen molar-refractivity contribution >= 4 is 17.3 Å². The van der Waals surface area contributed by atoms with Crippen molar-refractivity contribution in [3.63, 3.8) is 0 Å². The smallest absolute Gasteiger partial charge is 0.339 e. The van der Waals surface area contributed by atoms with E-state index in [4.69, 9.17) is 0 Å². The fourth-order valence-corrected chi connectivity index (χ4v) is 2.33. The Morgan fingerprint density at radius 2 is 1.95 bits per heavy atom. The Kier molecular flexibility index (Phi) is 4.49. The zero-order chi connectivity index (χ0) is 14.6.